The van der Waals surface area contributed by atoms with Gasteiger partial charge in [0.2, 0.25) is 0 Å². The van der Waals surface area contributed by atoms with Crippen molar-refractivity contribution in [1.82, 2.24) is 14.8 Å². The summed E-state index contributed by atoms with van der Waals surface area (Å²) < 4.78 is 28.2. The Hall–Kier alpha value is -1.41. The highest BCUT2D eigenvalue weighted by molar-refractivity contribution is 9.10. The minimum Gasteiger partial charge on any atom is -0.272 e. The number of hydrogen-bond donors (Lipinski definition) is 0. The highest BCUT2D eigenvalue weighted by Gasteiger charge is 2.23. The molecular formula is C11H13BrN4O2S. The van der Waals surface area contributed by atoms with E-state index in [0.29, 0.717) is 12.4 Å². The number of rotatable bonds is 4. The van der Waals surface area contributed by atoms with Crippen molar-refractivity contribution in [2.75, 3.05) is 11.4 Å². The molecule has 102 valence electrons. The normalized spacial score (nSPS) is 11.5. The van der Waals surface area contributed by atoms with Gasteiger partial charge in [-0.2, -0.15) is 5.10 Å². The van der Waals surface area contributed by atoms with Crippen LogP contribution in [0.5, 0.6) is 0 Å². The summed E-state index contributed by atoms with van der Waals surface area (Å²) in [7, 11) is -2.17. The Labute approximate surface area is 120 Å². The van der Waals surface area contributed by atoms with Crippen LogP contribution in [0.25, 0.3) is 0 Å². The van der Waals surface area contributed by atoms with E-state index in [2.05, 4.69) is 26.0 Å². The maximum atomic E-state index is 12.4. The van der Waals surface area contributed by atoms with E-state index in [4.69, 9.17) is 0 Å². The Kier molecular flexibility index (Phi) is 3.91. The van der Waals surface area contributed by atoms with E-state index in [-0.39, 0.29) is 4.90 Å². The molecule has 0 aliphatic carbocycles. The Morgan fingerprint density at radius 2 is 2.21 bits per heavy atom. The summed E-state index contributed by atoms with van der Waals surface area (Å²) >= 11 is 3.29. The first-order valence-corrected chi connectivity index (χ1v) is 7.81. The van der Waals surface area contributed by atoms with Gasteiger partial charge in [0.05, 0.1) is 6.20 Å². The van der Waals surface area contributed by atoms with Gasteiger partial charge in [-0.1, -0.05) is 15.9 Å². The summed E-state index contributed by atoms with van der Waals surface area (Å²) in [4.78, 5) is 4.20. The van der Waals surface area contributed by atoms with Crippen LogP contribution in [-0.4, -0.2) is 30.2 Å². The zero-order valence-electron chi connectivity index (χ0n) is 10.5. The fraction of sp³-hybridized carbons (Fsp3) is 0.273. The number of hydrogen-bond acceptors (Lipinski definition) is 4. The largest absolute Gasteiger partial charge is 0.272 e. The quantitative estimate of drug-likeness (QED) is 0.849. The van der Waals surface area contributed by atoms with Gasteiger partial charge in [0, 0.05) is 30.5 Å². The fourth-order valence-corrected chi connectivity index (χ4v) is 2.92. The summed E-state index contributed by atoms with van der Waals surface area (Å²) in [6, 6.07) is 3.38. The van der Waals surface area contributed by atoms with Crippen LogP contribution < -0.4 is 4.31 Å². The number of aryl methyl sites for hydroxylation is 1. The van der Waals surface area contributed by atoms with Gasteiger partial charge in [-0.15, -0.1) is 0 Å². The van der Waals surface area contributed by atoms with Gasteiger partial charge in [-0.3, -0.25) is 8.99 Å². The van der Waals surface area contributed by atoms with E-state index in [9.17, 15) is 8.42 Å². The summed E-state index contributed by atoms with van der Waals surface area (Å²) in [6.07, 6.45) is 4.39. The molecule has 2 aromatic heterocycles. The predicted octanol–water partition coefficient (Wildman–Crippen LogP) is 1.89. The summed E-state index contributed by atoms with van der Waals surface area (Å²) in [6.45, 7) is 2.51. The molecule has 19 heavy (non-hydrogen) atoms. The molecule has 0 fully saturated rings. The number of halogens is 1. The van der Waals surface area contributed by atoms with Gasteiger partial charge in [-0.25, -0.2) is 13.4 Å². The first-order chi connectivity index (χ1) is 8.95. The summed E-state index contributed by atoms with van der Waals surface area (Å²) in [5.41, 5.74) is 0. The Bertz CT molecular complexity index is 684. The second-order valence-corrected chi connectivity index (χ2v) is 6.72. The molecule has 0 bridgehead atoms. The molecule has 0 amide bonds. The molecule has 0 saturated carbocycles. The smallest absolute Gasteiger partial charge is 0.268 e. The zero-order chi connectivity index (χ0) is 14.0. The Morgan fingerprint density at radius 1 is 1.47 bits per heavy atom. The summed E-state index contributed by atoms with van der Waals surface area (Å²) in [5.74, 6) is 0.346. The van der Waals surface area contributed by atoms with E-state index in [1.807, 2.05) is 6.92 Å². The number of pyridine rings is 1. The Morgan fingerprint density at radius 3 is 2.79 bits per heavy atom. The van der Waals surface area contributed by atoms with Crippen LogP contribution >= 0.6 is 15.9 Å². The van der Waals surface area contributed by atoms with Gasteiger partial charge < -0.3 is 0 Å². The van der Waals surface area contributed by atoms with E-state index < -0.39 is 10.0 Å². The average Bonchev–Trinajstić information content (AvgIpc) is 2.87. The monoisotopic (exact) mass is 344 g/mol. The zero-order valence-corrected chi connectivity index (χ0v) is 12.9. The van der Waals surface area contributed by atoms with E-state index in [0.717, 1.165) is 8.78 Å². The van der Waals surface area contributed by atoms with E-state index >= 15 is 0 Å². The van der Waals surface area contributed by atoms with Crippen molar-refractivity contribution in [1.29, 1.82) is 0 Å². The maximum absolute atomic E-state index is 12.4. The third-order valence-corrected chi connectivity index (χ3v) is 4.83. The van der Waals surface area contributed by atoms with Crippen LogP contribution in [-0.2, 0) is 16.6 Å². The number of aromatic nitrogens is 3. The van der Waals surface area contributed by atoms with Crippen LogP contribution in [0.4, 0.5) is 5.82 Å². The highest BCUT2D eigenvalue weighted by Crippen LogP contribution is 2.22. The third-order valence-electron chi connectivity index (χ3n) is 2.62. The molecule has 6 nitrogen and oxygen atoms in total. The van der Waals surface area contributed by atoms with Gasteiger partial charge in [-0.05, 0) is 19.1 Å². The van der Waals surface area contributed by atoms with Crippen LogP contribution in [0.1, 0.15) is 6.92 Å². The molecule has 2 rings (SSSR count). The van der Waals surface area contributed by atoms with Crippen molar-refractivity contribution in [3.8, 4) is 0 Å². The van der Waals surface area contributed by atoms with Crippen molar-refractivity contribution >= 4 is 31.8 Å². The molecule has 0 radical (unpaired) electrons. The SMILES string of the molecule is CCn1cc(S(=O)(=O)N(C)c2cc(Br)ccn2)cn1. The molecule has 8 heteroatoms. The minimum absolute atomic E-state index is 0.152. The predicted molar refractivity (Wildman–Crippen MR) is 75.4 cm³/mol. The van der Waals surface area contributed by atoms with Crippen molar-refractivity contribution in [2.24, 2.45) is 0 Å². The van der Waals surface area contributed by atoms with Crippen molar-refractivity contribution in [3.05, 3.63) is 35.2 Å². The molecule has 0 unspecified atom stereocenters. The average molecular weight is 345 g/mol. The molecule has 2 heterocycles. The first-order valence-electron chi connectivity index (χ1n) is 5.58. The number of nitrogens with zero attached hydrogens (tertiary/aromatic N) is 4. The fourth-order valence-electron chi connectivity index (χ4n) is 1.50. The molecule has 0 aliphatic heterocycles. The molecule has 0 atom stereocenters. The standard InChI is InChI=1S/C11H13BrN4O2S/c1-3-16-8-10(7-14-16)19(17,18)15(2)11-6-9(12)4-5-13-11/h4-8H,3H2,1-2H3. The Balaban J connectivity index is 2.39. The van der Waals surface area contributed by atoms with Gasteiger partial charge in [0.25, 0.3) is 10.0 Å². The number of sulfonamides is 1. The maximum Gasteiger partial charge on any atom is 0.268 e. The van der Waals surface area contributed by atoms with Crippen molar-refractivity contribution in [3.63, 3.8) is 0 Å². The molecular weight excluding hydrogens is 332 g/mol. The topological polar surface area (TPSA) is 68.1 Å². The number of anilines is 1. The van der Waals surface area contributed by atoms with Crippen LogP contribution in [0.3, 0.4) is 0 Å². The molecule has 0 spiro atoms. The van der Waals surface area contributed by atoms with Gasteiger partial charge in [0.15, 0.2) is 0 Å². The summed E-state index contributed by atoms with van der Waals surface area (Å²) in [5, 5.41) is 3.98. The van der Waals surface area contributed by atoms with Gasteiger partial charge in [0.1, 0.15) is 10.7 Å². The van der Waals surface area contributed by atoms with E-state index in [1.165, 1.54) is 19.4 Å². The molecule has 0 N–H and O–H groups in total. The van der Waals surface area contributed by atoms with Crippen LogP contribution in [0, 0.1) is 0 Å². The second kappa shape index (κ2) is 5.30. The molecule has 0 aromatic carbocycles. The van der Waals surface area contributed by atoms with E-state index in [1.54, 1.807) is 23.0 Å². The second-order valence-electron chi connectivity index (χ2n) is 3.84. The van der Waals surface area contributed by atoms with Gasteiger partial charge >= 0.3 is 0 Å². The van der Waals surface area contributed by atoms with Crippen molar-refractivity contribution in [2.45, 2.75) is 18.4 Å². The van der Waals surface area contributed by atoms with Crippen LogP contribution in [0.15, 0.2) is 40.1 Å². The minimum atomic E-state index is -3.63. The first kappa shape index (κ1) is 14.0. The molecule has 2 aromatic rings. The lowest BCUT2D eigenvalue weighted by Crippen LogP contribution is -2.27. The lowest BCUT2D eigenvalue weighted by molar-refractivity contribution is 0.593. The highest BCUT2D eigenvalue weighted by atomic mass is 79.9. The third kappa shape index (κ3) is 2.79. The van der Waals surface area contributed by atoms with Crippen molar-refractivity contribution < 1.29 is 8.42 Å². The molecule has 0 aliphatic rings. The lowest BCUT2D eigenvalue weighted by atomic mass is 10.5. The molecule has 0 saturated heterocycles. The van der Waals surface area contributed by atoms with Crippen LogP contribution in [0.2, 0.25) is 0 Å². The lowest BCUT2D eigenvalue weighted by Gasteiger charge is -2.17.